The lowest BCUT2D eigenvalue weighted by Gasteiger charge is -2.44. The fourth-order valence-electron chi connectivity index (χ4n) is 4.58. The van der Waals surface area contributed by atoms with Crippen molar-refractivity contribution in [3.8, 4) is 16.3 Å². The Morgan fingerprint density at radius 1 is 1.24 bits per heavy atom. The third-order valence-electron chi connectivity index (χ3n) is 6.19. The topological polar surface area (TPSA) is 117 Å². The zero-order chi connectivity index (χ0) is 23.8. The second kappa shape index (κ2) is 8.72. The summed E-state index contributed by atoms with van der Waals surface area (Å²) in [5.41, 5.74) is 0.0781. The molecule has 3 heterocycles. The van der Waals surface area contributed by atoms with E-state index >= 15 is 0 Å². The molecule has 1 aliphatic carbocycles. The van der Waals surface area contributed by atoms with Crippen molar-refractivity contribution in [2.75, 3.05) is 12.4 Å². The highest BCUT2D eigenvalue weighted by Gasteiger charge is 2.49. The minimum absolute atomic E-state index is 0.347. The van der Waals surface area contributed by atoms with Gasteiger partial charge >= 0.3 is 5.97 Å². The van der Waals surface area contributed by atoms with Crippen LogP contribution in [0.5, 0.6) is 5.75 Å². The normalized spacial score (nSPS) is 22.0. The summed E-state index contributed by atoms with van der Waals surface area (Å²) in [6.45, 7) is 5.79. The van der Waals surface area contributed by atoms with Crippen molar-refractivity contribution in [1.29, 1.82) is 0 Å². The van der Waals surface area contributed by atoms with Crippen LogP contribution in [0.3, 0.4) is 0 Å². The van der Waals surface area contributed by atoms with Gasteiger partial charge in [-0.1, -0.05) is 13.8 Å². The zero-order valence-electron chi connectivity index (χ0n) is 19.1. The van der Waals surface area contributed by atoms with Gasteiger partial charge in [-0.2, -0.15) is 0 Å². The molecule has 174 valence electrons. The molecule has 0 spiro atoms. The molecule has 3 aromatic rings. The van der Waals surface area contributed by atoms with Gasteiger partial charge in [0.2, 0.25) is 0 Å². The lowest BCUT2D eigenvalue weighted by atomic mass is 9.63. The summed E-state index contributed by atoms with van der Waals surface area (Å²) in [5, 5.41) is 24.7. The third kappa shape index (κ3) is 4.84. The molecule has 1 saturated carbocycles. The maximum Gasteiger partial charge on any atom is 0.307 e. The Morgan fingerprint density at radius 3 is 2.73 bits per heavy atom. The summed E-state index contributed by atoms with van der Waals surface area (Å²) >= 11 is 1.40. The standard InChI is InChI=1S/C24H28N4O4S/c1-14-9-17(27-20(10-14)28-19-11-15(32-4)6-8-25-19)18-12-26-22(33-18)24(31)7-5-16(21(29)30)23(2,3)13-24/h6,8-12,16,31H,5,7,13H2,1-4H3,(H,29,30)(H,25,27,28). The van der Waals surface area contributed by atoms with Crippen molar-refractivity contribution in [2.24, 2.45) is 11.3 Å². The molecule has 2 atom stereocenters. The number of carboxylic acid groups (broad SMARTS) is 1. The minimum Gasteiger partial charge on any atom is -0.497 e. The lowest BCUT2D eigenvalue weighted by Crippen LogP contribution is -2.44. The molecular formula is C24H28N4O4S. The van der Waals surface area contributed by atoms with Crippen LogP contribution in [0, 0.1) is 18.3 Å². The average Bonchev–Trinajstić information content (AvgIpc) is 3.24. The summed E-state index contributed by atoms with van der Waals surface area (Å²) in [7, 11) is 1.60. The molecule has 1 fully saturated rings. The van der Waals surface area contributed by atoms with Crippen molar-refractivity contribution in [2.45, 2.75) is 45.6 Å². The molecule has 3 N–H and O–H groups in total. The van der Waals surface area contributed by atoms with E-state index in [-0.39, 0.29) is 0 Å². The Kier molecular flexibility index (Phi) is 6.11. The highest BCUT2D eigenvalue weighted by molar-refractivity contribution is 7.15. The molecule has 0 aliphatic heterocycles. The van der Waals surface area contributed by atoms with E-state index in [1.807, 2.05) is 32.9 Å². The molecule has 0 aromatic carbocycles. The van der Waals surface area contributed by atoms with Gasteiger partial charge in [-0.3, -0.25) is 4.79 Å². The van der Waals surface area contributed by atoms with E-state index in [4.69, 9.17) is 9.72 Å². The van der Waals surface area contributed by atoms with Crippen molar-refractivity contribution < 1.29 is 19.7 Å². The van der Waals surface area contributed by atoms with Crippen LogP contribution in [-0.2, 0) is 10.4 Å². The third-order valence-corrected chi connectivity index (χ3v) is 7.40. The van der Waals surface area contributed by atoms with E-state index in [1.54, 1.807) is 31.6 Å². The summed E-state index contributed by atoms with van der Waals surface area (Å²) in [5.74, 6) is 0.671. The quantitative estimate of drug-likeness (QED) is 0.474. The fourth-order valence-corrected chi connectivity index (χ4v) is 5.57. The van der Waals surface area contributed by atoms with Crippen LogP contribution in [0.4, 0.5) is 11.6 Å². The van der Waals surface area contributed by atoms with Crippen LogP contribution >= 0.6 is 11.3 Å². The lowest BCUT2D eigenvalue weighted by molar-refractivity contribution is -0.154. The number of pyridine rings is 2. The van der Waals surface area contributed by atoms with E-state index < -0.39 is 22.9 Å². The van der Waals surface area contributed by atoms with Crippen LogP contribution in [-0.4, -0.2) is 38.2 Å². The second-order valence-electron chi connectivity index (χ2n) is 9.28. The highest BCUT2D eigenvalue weighted by Crippen LogP contribution is 2.50. The number of nitrogens with zero attached hydrogens (tertiary/aromatic N) is 3. The number of nitrogens with one attached hydrogen (secondary N) is 1. The molecule has 2 unspecified atom stereocenters. The summed E-state index contributed by atoms with van der Waals surface area (Å²) < 4.78 is 5.25. The molecule has 33 heavy (non-hydrogen) atoms. The zero-order valence-corrected chi connectivity index (χ0v) is 19.9. The Hall–Kier alpha value is -3.04. The molecule has 0 radical (unpaired) electrons. The first-order valence-corrected chi connectivity index (χ1v) is 11.6. The predicted molar refractivity (Wildman–Crippen MR) is 127 cm³/mol. The van der Waals surface area contributed by atoms with Gasteiger partial charge in [0.05, 0.1) is 23.6 Å². The molecular weight excluding hydrogens is 440 g/mol. The number of carbonyl (C=O) groups is 1. The van der Waals surface area contributed by atoms with Gasteiger partial charge in [0, 0.05) is 18.5 Å². The maximum absolute atomic E-state index is 11.6. The maximum atomic E-state index is 11.6. The number of aliphatic carboxylic acids is 1. The molecule has 0 amide bonds. The number of thiazole rings is 1. The number of carboxylic acids is 1. The van der Waals surface area contributed by atoms with Crippen LogP contribution in [0.25, 0.3) is 10.6 Å². The van der Waals surface area contributed by atoms with Crippen molar-refractivity contribution in [1.82, 2.24) is 15.0 Å². The number of anilines is 2. The van der Waals surface area contributed by atoms with Gasteiger partial charge < -0.3 is 20.3 Å². The van der Waals surface area contributed by atoms with Crippen LogP contribution in [0.2, 0.25) is 0 Å². The first kappa shape index (κ1) is 23.1. The SMILES string of the molecule is COc1ccnc(Nc2cc(C)cc(-c3cnc(C4(O)CCC(C(=O)O)C(C)(C)C4)s3)n2)c1. The Labute approximate surface area is 196 Å². The number of ether oxygens (including phenoxy) is 1. The largest absolute Gasteiger partial charge is 0.497 e. The van der Waals surface area contributed by atoms with Crippen LogP contribution in [0.1, 0.15) is 43.7 Å². The van der Waals surface area contributed by atoms with Crippen molar-refractivity contribution in [3.05, 3.63) is 47.2 Å². The summed E-state index contributed by atoms with van der Waals surface area (Å²) in [6.07, 6.45) is 4.52. The number of hydrogen-bond donors (Lipinski definition) is 3. The van der Waals surface area contributed by atoms with E-state index in [0.717, 1.165) is 16.1 Å². The first-order valence-electron chi connectivity index (χ1n) is 10.8. The molecule has 8 nitrogen and oxygen atoms in total. The Morgan fingerprint density at radius 2 is 2.03 bits per heavy atom. The fraction of sp³-hybridized carbons (Fsp3) is 0.417. The van der Waals surface area contributed by atoms with Crippen molar-refractivity contribution in [3.63, 3.8) is 0 Å². The van der Waals surface area contributed by atoms with Gasteiger partial charge in [-0.25, -0.2) is 15.0 Å². The van der Waals surface area contributed by atoms with Gasteiger partial charge in [0.15, 0.2) is 0 Å². The van der Waals surface area contributed by atoms with Gasteiger partial charge in [-0.05, 0) is 55.4 Å². The minimum atomic E-state index is -1.15. The molecule has 4 rings (SSSR count). The average molecular weight is 469 g/mol. The van der Waals surface area contributed by atoms with E-state index in [1.165, 1.54) is 11.3 Å². The van der Waals surface area contributed by atoms with E-state index in [9.17, 15) is 15.0 Å². The number of rotatable bonds is 6. The molecule has 1 aliphatic rings. The number of methoxy groups -OCH3 is 1. The van der Waals surface area contributed by atoms with Gasteiger partial charge in [-0.15, -0.1) is 11.3 Å². The van der Waals surface area contributed by atoms with Gasteiger partial charge in [0.1, 0.15) is 28.0 Å². The van der Waals surface area contributed by atoms with E-state index in [2.05, 4.69) is 15.3 Å². The number of aryl methyl sites for hydroxylation is 1. The summed E-state index contributed by atoms with van der Waals surface area (Å²) in [6, 6.07) is 7.46. The first-order chi connectivity index (χ1) is 15.6. The number of aliphatic hydroxyl groups is 1. The highest BCUT2D eigenvalue weighted by atomic mass is 32.1. The van der Waals surface area contributed by atoms with Gasteiger partial charge in [0.25, 0.3) is 0 Å². The second-order valence-corrected chi connectivity index (χ2v) is 10.3. The molecule has 0 bridgehead atoms. The Balaban J connectivity index is 1.59. The van der Waals surface area contributed by atoms with E-state index in [0.29, 0.717) is 41.7 Å². The molecule has 3 aromatic heterocycles. The van der Waals surface area contributed by atoms with Crippen LogP contribution < -0.4 is 10.1 Å². The molecule has 9 heteroatoms. The number of aromatic nitrogens is 3. The number of hydrogen-bond acceptors (Lipinski definition) is 8. The monoisotopic (exact) mass is 468 g/mol. The smallest absolute Gasteiger partial charge is 0.307 e. The summed E-state index contributed by atoms with van der Waals surface area (Å²) in [4.78, 5) is 26.0. The predicted octanol–water partition coefficient (Wildman–Crippen LogP) is 4.76. The Bertz CT molecular complexity index is 1180. The molecule has 0 saturated heterocycles. The van der Waals surface area contributed by atoms with Crippen LogP contribution in [0.15, 0.2) is 36.7 Å². The van der Waals surface area contributed by atoms with Crippen molar-refractivity contribution >= 4 is 28.9 Å².